The van der Waals surface area contributed by atoms with Gasteiger partial charge >= 0.3 is 0 Å². The Balaban J connectivity index is 1.96. The van der Waals surface area contributed by atoms with Crippen LogP contribution in [0.5, 0.6) is 5.88 Å². The molecular formula is C14H16N4O2. The summed E-state index contributed by atoms with van der Waals surface area (Å²) in [5, 5.41) is 12.6. The molecule has 2 rings (SSSR count). The number of ether oxygens (including phenoxy) is 1. The van der Waals surface area contributed by atoms with E-state index in [-0.39, 0.29) is 5.92 Å². The van der Waals surface area contributed by atoms with Gasteiger partial charge in [0.1, 0.15) is 0 Å². The van der Waals surface area contributed by atoms with Gasteiger partial charge in [-0.1, -0.05) is 18.1 Å². The van der Waals surface area contributed by atoms with Crippen LogP contribution in [-0.2, 0) is 12.8 Å². The summed E-state index contributed by atoms with van der Waals surface area (Å²) in [7, 11) is 1.58. The lowest BCUT2D eigenvalue weighted by molar-refractivity contribution is 0.355. The molecule has 0 radical (unpaired) electrons. The zero-order chi connectivity index (χ0) is 14.4. The van der Waals surface area contributed by atoms with Gasteiger partial charge in [-0.05, 0) is 11.5 Å². The molecule has 1 atom stereocenters. The Hall–Kier alpha value is -2.42. The van der Waals surface area contributed by atoms with Crippen molar-refractivity contribution in [3.63, 3.8) is 0 Å². The maximum absolute atomic E-state index is 8.62. The number of pyridine rings is 1. The fraction of sp³-hybridized carbons (Fsp3) is 0.429. The fourth-order valence-electron chi connectivity index (χ4n) is 1.79. The first-order chi connectivity index (χ1) is 9.71. The summed E-state index contributed by atoms with van der Waals surface area (Å²) >= 11 is 0. The normalized spacial score (nSPS) is 11.8. The van der Waals surface area contributed by atoms with Gasteiger partial charge in [0.2, 0.25) is 11.8 Å². The molecule has 0 fully saturated rings. The van der Waals surface area contributed by atoms with Gasteiger partial charge in [-0.2, -0.15) is 10.2 Å². The molecule has 0 aliphatic heterocycles. The van der Waals surface area contributed by atoms with E-state index >= 15 is 0 Å². The number of aromatic nitrogens is 3. The second-order valence-electron chi connectivity index (χ2n) is 4.66. The summed E-state index contributed by atoms with van der Waals surface area (Å²) in [5.74, 6) is 1.99. The molecule has 2 aromatic heterocycles. The standard InChI is InChI=1S/C14H16N4O2/c1-10(5-6-15)7-14-17-12(18-20-14)8-11-3-4-13(19-2)16-9-11/h3-4,9-10H,5,7-8H2,1-2H3. The zero-order valence-corrected chi connectivity index (χ0v) is 11.5. The van der Waals surface area contributed by atoms with Gasteiger partial charge in [-0.25, -0.2) is 4.98 Å². The first-order valence-corrected chi connectivity index (χ1v) is 6.38. The Morgan fingerprint density at radius 3 is 2.95 bits per heavy atom. The molecule has 0 spiro atoms. The Morgan fingerprint density at radius 2 is 2.30 bits per heavy atom. The van der Waals surface area contributed by atoms with E-state index in [1.807, 2.05) is 13.0 Å². The monoisotopic (exact) mass is 272 g/mol. The number of rotatable bonds is 6. The van der Waals surface area contributed by atoms with Crippen molar-refractivity contribution in [2.24, 2.45) is 5.92 Å². The van der Waals surface area contributed by atoms with Crippen LogP contribution >= 0.6 is 0 Å². The highest BCUT2D eigenvalue weighted by Crippen LogP contribution is 2.13. The predicted octanol–water partition coefficient (Wildman–Crippen LogP) is 2.16. The van der Waals surface area contributed by atoms with Gasteiger partial charge < -0.3 is 9.26 Å². The largest absolute Gasteiger partial charge is 0.481 e. The average Bonchev–Trinajstić information content (AvgIpc) is 2.87. The fourth-order valence-corrected chi connectivity index (χ4v) is 1.79. The Morgan fingerprint density at radius 1 is 1.45 bits per heavy atom. The molecule has 0 amide bonds. The Kier molecular flexibility index (Phi) is 4.66. The van der Waals surface area contributed by atoms with Gasteiger partial charge in [0.05, 0.1) is 13.2 Å². The zero-order valence-electron chi connectivity index (χ0n) is 11.5. The Labute approximate surface area is 117 Å². The number of nitrogens with zero attached hydrogens (tertiary/aromatic N) is 4. The van der Waals surface area contributed by atoms with Gasteiger partial charge in [0.15, 0.2) is 5.82 Å². The van der Waals surface area contributed by atoms with Crippen LogP contribution in [0.25, 0.3) is 0 Å². The third kappa shape index (κ3) is 3.79. The molecular weight excluding hydrogens is 256 g/mol. The van der Waals surface area contributed by atoms with Crippen molar-refractivity contribution >= 4 is 0 Å². The van der Waals surface area contributed by atoms with Crippen LogP contribution in [0, 0.1) is 17.2 Å². The summed E-state index contributed by atoms with van der Waals surface area (Å²) in [6.07, 6.45) is 3.40. The van der Waals surface area contributed by atoms with E-state index in [4.69, 9.17) is 14.5 Å². The van der Waals surface area contributed by atoms with E-state index in [2.05, 4.69) is 21.2 Å². The number of nitriles is 1. The molecule has 6 nitrogen and oxygen atoms in total. The first-order valence-electron chi connectivity index (χ1n) is 6.38. The van der Waals surface area contributed by atoms with Gasteiger partial charge in [-0.15, -0.1) is 0 Å². The summed E-state index contributed by atoms with van der Waals surface area (Å²) < 4.78 is 10.2. The average molecular weight is 272 g/mol. The van der Waals surface area contributed by atoms with Crippen molar-refractivity contribution in [3.8, 4) is 11.9 Å². The SMILES string of the molecule is COc1ccc(Cc2noc(CC(C)CC#N)n2)cn1. The minimum atomic E-state index is 0.218. The van der Waals surface area contributed by atoms with E-state index in [0.717, 1.165) is 5.56 Å². The second-order valence-corrected chi connectivity index (χ2v) is 4.66. The highest BCUT2D eigenvalue weighted by Gasteiger charge is 2.11. The minimum Gasteiger partial charge on any atom is -0.481 e. The van der Waals surface area contributed by atoms with Crippen LogP contribution < -0.4 is 4.74 Å². The second kappa shape index (κ2) is 6.66. The Bertz CT molecular complexity index is 586. The lowest BCUT2D eigenvalue weighted by atomic mass is 10.1. The van der Waals surface area contributed by atoms with Gasteiger partial charge in [0.25, 0.3) is 0 Å². The highest BCUT2D eigenvalue weighted by atomic mass is 16.5. The van der Waals surface area contributed by atoms with E-state index in [1.165, 1.54) is 0 Å². The maximum atomic E-state index is 8.62. The quantitative estimate of drug-likeness (QED) is 0.801. The molecule has 20 heavy (non-hydrogen) atoms. The molecule has 0 saturated heterocycles. The number of hydrogen-bond donors (Lipinski definition) is 0. The summed E-state index contributed by atoms with van der Waals surface area (Å²) in [6, 6.07) is 5.85. The van der Waals surface area contributed by atoms with Crippen molar-refractivity contribution in [2.45, 2.75) is 26.2 Å². The maximum Gasteiger partial charge on any atom is 0.226 e. The first kappa shape index (κ1) is 14.0. The molecule has 0 N–H and O–H groups in total. The van der Waals surface area contributed by atoms with Crippen molar-refractivity contribution in [1.29, 1.82) is 5.26 Å². The molecule has 104 valence electrons. The summed E-state index contributed by atoms with van der Waals surface area (Å²) in [6.45, 7) is 1.99. The molecule has 0 bridgehead atoms. The number of hydrogen-bond acceptors (Lipinski definition) is 6. The van der Waals surface area contributed by atoms with Gasteiger partial charge in [0, 0.05) is 31.5 Å². The van der Waals surface area contributed by atoms with E-state index in [1.54, 1.807) is 19.4 Å². The predicted molar refractivity (Wildman–Crippen MR) is 71.0 cm³/mol. The molecule has 0 aliphatic carbocycles. The van der Waals surface area contributed by atoms with Crippen LogP contribution in [0.1, 0.15) is 30.6 Å². The number of methoxy groups -OCH3 is 1. The van der Waals surface area contributed by atoms with E-state index in [0.29, 0.717) is 36.9 Å². The van der Waals surface area contributed by atoms with Crippen molar-refractivity contribution in [2.75, 3.05) is 7.11 Å². The van der Waals surface area contributed by atoms with Crippen LogP contribution in [0.4, 0.5) is 0 Å². The van der Waals surface area contributed by atoms with E-state index in [9.17, 15) is 0 Å². The summed E-state index contributed by atoms with van der Waals surface area (Å²) in [4.78, 5) is 8.45. The van der Waals surface area contributed by atoms with Crippen LogP contribution in [0.3, 0.4) is 0 Å². The van der Waals surface area contributed by atoms with Crippen LogP contribution in [-0.4, -0.2) is 22.2 Å². The van der Waals surface area contributed by atoms with Gasteiger partial charge in [-0.3, -0.25) is 0 Å². The molecule has 0 aliphatic rings. The molecule has 6 heteroatoms. The van der Waals surface area contributed by atoms with E-state index < -0.39 is 0 Å². The highest BCUT2D eigenvalue weighted by molar-refractivity contribution is 5.20. The van der Waals surface area contributed by atoms with Crippen LogP contribution in [0.2, 0.25) is 0 Å². The third-order valence-electron chi connectivity index (χ3n) is 2.84. The smallest absolute Gasteiger partial charge is 0.226 e. The lowest BCUT2D eigenvalue weighted by Gasteiger charge is -2.00. The molecule has 2 heterocycles. The molecule has 0 aromatic carbocycles. The third-order valence-corrected chi connectivity index (χ3v) is 2.84. The van der Waals surface area contributed by atoms with Crippen molar-refractivity contribution in [3.05, 3.63) is 35.6 Å². The van der Waals surface area contributed by atoms with Crippen molar-refractivity contribution < 1.29 is 9.26 Å². The molecule has 1 unspecified atom stereocenters. The minimum absolute atomic E-state index is 0.218. The molecule has 0 saturated carbocycles. The van der Waals surface area contributed by atoms with Crippen LogP contribution in [0.15, 0.2) is 22.9 Å². The topological polar surface area (TPSA) is 84.8 Å². The molecule has 2 aromatic rings. The lowest BCUT2D eigenvalue weighted by Crippen LogP contribution is -1.99. The summed E-state index contributed by atoms with van der Waals surface area (Å²) in [5.41, 5.74) is 0.989. The van der Waals surface area contributed by atoms with Crippen molar-refractivity contribution in [1.82, 2.24) is 15.1 Å².